The lowest BCUT2D eigenvalue weighted by atomic mass is 10.2. The van der Waals surface area contributed by atoms with Gasteiger partial charge in [-0.15, -0.1) is 0 Å². The van der Waals surface area contributed by atoms with Crippen LogP contribution in [-0.4, -0.2) is 53.3 Å². The number of benzene rings is 1. The molecule has 4 rings (SSSR count). The highest BCUT2D eigenvalue weighted by Gasteiger charge is 2.22. The fraction of sp³-hybridized carbons (Fsp3) is 0.300. The lowest BCUT2D eigenvalue weighted by molar-refractivity contribution is 0.215. The maximum Gasteiger partial charge on any atom is 0.241 e. The van der Waals surface area contributed by atoms with Gasteiger partial charge >= 0.3 is 0 Å². The van der Waals surface area contributed by atoms with E-state index in [0.717, 1.165) is 37.6 Å². The molecule has 0 aliphatic carbocycles. The third-order valence-corrected chi connectivity index (χ3v) is 4.75. The summed E-state index contributed by atoms with van der Waals surface area (Å²) in [5.41, 5.74) is 1.42. The number of piperazine rings is 1. The van der Waals surface area contributed by atoms with Crippen molar-refractivity contribution in [3.63, 3.8) is 0 Å². The summed E-state index contributed by atoms with van der Waals surface area (Å²) in [7, 11) is 1.62. The second kappa shape index (κ2) is 8.06. The summed E-state index contributed by atoms with van der Waals surface area (Å²) in [5, 5.41) is 13.4. The number of pyridine rings is 1. The van der Waals surface area contributed by atoms with Crippen LogP contribution in [0.4, 0.5) is 5.82 Å². The molecule has 1 saturated heterocycles. The third kappa shape index (κ3) is 3.66. The molecule has 0 radical (unpaired) electrons. The average molecular weight is 376 g/mol. The third-order valence-electron chi connectivity index (χ3n) is 4.75. The number of hydrogen-bond acceptors (Lipinski definition) is 8. The van der Waals surface area contributed by atoms with E-state index in [9.17, 15) is 5.26 Å². The van der Waals surface area contributed by atoms with Crippen molar-refractivity contribution in [2.45, 2.75) is 6.54 Å². The summed E-state index contributed by atoms with van der Waals surface area (Å²) in [6, 6.07) is 13.4. The van der Waals surface area contributed by atoms with Crippen LogP contribution in [0.25, 0.3) is 11.4 Å². The Morgan fingerprint density at radius 3 is 2.75 bits per heavy atom. The summed E-state index contributed by atoms with van der Waals surface area (Å²) in [6.07, 6.45) is 1.72. The molecule has 0 spiro atoms. The van der Waals surface area contributed by atoms with Gasteiger partial charge in [0.15, 0.2) is 0 Å². The fourth-order valence-corrected chi connectivity index (χ4v) is 3.30. The van der Waals surface area contributed by atoms with Gasteiger partial charge in [0, 0.05) is 32.4 Å². The van der Waals surface area contributed by atoms with Crippen molar-refractivity contribution in [1.29, 1.82) is 5.26 Å². The Balaban J connectivity index is 1.39. The molecule has 1 aliphatic rings. The molecule has 3 heterocycles. The van der Waals surface area contributed by atoms with E-state index < -0.39 is 0 Å². The van der Waals surface area contributed by atoms with Crippen LogP contribution in [0.2, 0.25) is 0 Å². The number of methoxy groups -OCH3 is 1. The lowest BCUT2D eigenvalue weighted by Crippen LogP contribution is -2.46. The van der Waals surface area contributed by atoms with E-state index in [2.05, 4.69) is 31.0 Å². The van der Waals surface area contributed by atoms with Gasteiger partial charge in [-0.3, -0.25) is 4.90 Å². The van der Waals surface area contributed by atoms with Gasteiger partial charge < -0.3 is 14.2 Å². The van der Waals surface area contributed by atoms with Crippen molar-refractivity contribution < 1.29 is 9.26 Å². The SMILES string of the molecule is COc1ccccc1-c1noc(CN2CCN(c3ncccc3C#N)CC2)n1. The first-order valence-electron chi connectivity index (χ1n) is 9.07. The summed E-state index contributed by atoms with van der Waals surface area (Å²) in [4.78, 5) is 13.3. The molecule has 1 aliphatic heterocycles. The predicted octanol–water partition coefficient (Wildman–Crippen LogP) is 2.33. The molecule has 1 fully saturated rings. The number of nitriles is 1. The van der Waals surface area contributed by atoms with Gasteiger partial charge in [0.2, 0.25) is 11.7 Å². The molecule has 142 valence electrons. The van der Waals surface area contributed by atoms with Gasteiger partial charge in [0.1, 0.15) is 17.6 Å². The predicted molar refractivity (Wildman–Crippen MR) is 103 cm³/mol. The molecule has 1 aromatic carbocycles. The number of rotatable bonds is 5. The van der Waals surface area contributed by atoms with E-state index in [-0.39, 0.29) is 0 Å². The average Bonchev–Trinajstić information content (AvgIpc) is 3.22. The van der Waals surface area contributed by atoms with Crippen molar-refractivity contribution in [3.8, 4) is 23.2 Å². The van der Waals surface area contributed by atoms with Crippen LogP contribution in [0.5, 0.6) is 5.75 Å². The molecule has 8 nitrogen and oxygen atoms in total. The molecule has 3 aromatic rings. The highest BCUT2D eigenvalue weighted by atomic mass is 16.5. The molecule has 0 saturated carbocycles. The van der Waals surface area contributed by atoms with Gasteiger partial charge in [-0.1, -0.05) is 17.3 Å². The van der Waals surface area contributed by atoms with Crippen LogP contribution < -0.4 is 9.64 Å². The molecular formula is C20H20N6O2. The van der Waals surface area contributed by atoms with E-state index in [1.54, 1.807) is 25.4 Å². The van der Waals surface area contributed by atoms with Crippen molar-refractivity contribution in [2.75, 3.05) is 38.2 Å². The normalized spacial score (nSPS) is 14.6. The van der Waals surface area contributed by atoms with E-state index in [1.165, 1.54) is 0 Å². The highest BCUT2D eigenvalue weighted by molar-refractivity contribution is 5.63. The molecular weight excluding hydrogens is 356 g/mol. The van der Waals surface area contributed by atoms with Gasteiger partial charge in [-0.2, -0.15) is 10.2 Å². The quantitative estimate of drug-likeness (QED) is 0.670. The van der Waals surface area contributed by atoms with Crippen LogP contribution >= 0.6 is 0 Å². The number of aromatic nitrogens is 3. The smallest absolute Gasteiger partial charge is 0.241 e. The zero-order valence-electron chi connectivity index (χ0n) is 15.6. The summed E-state index contributed by atoms with van der Waals surface area (Å²) in [6.45, 7) is 3.82. The maximum absolute atomic E-state index is 9.27. The molecule has 28 heavy (non-hydrogen) atoms. The molecule has 0 bridgehead atoms. The van der Waals surface area contributed by atoms with E-state index in [1.807, 2.05) is 24.3 Å². The molecule has 0 amide bonds. The molecule has 0 atom stereocenters. The Bertz CT molecular complexity index is 988. The van der Waals surface area contributed by atoms with Gasteiger partial charge in [0.05, 0.1) is 24.8 Å². The lowest BCUT2D eigenvalue weighted by Gasteiger charge is -2.34. The first-order valence-corrected chi connectivity index (χ1v) is 9.07. The van der Waals surface area contributed by atoms with Crippen LogP contribution in [0.1, 0.15) is 11.5 Å². The van der Waals surface area contributed by atoms with E-state index in [0.29, 0.717) is 29.6 Å². The Morgan fingerprint density at radius 2 is 1.96 bits per heavy atom. The topological polar surface area (TPSA) is 91.3 Å². The first kappa shape index (κ1) is 17.9. The zero-order valence-corrected chi connectivity index (χ0v) is 15.6. The first-order chi connectivity index (χ1) is 13.8. The van der Waals surface area contributed by atoms with Crippen LogP contribution in [0, 0.1) is 11.3 Å². The number of nitrogens with zero attached hydrogens (tertiary/aromatic N) is 6. The summed E-state index contributed by atoms with van der Waals surface area (Å²) in [5.74, 6) is 2.57. The minimum atomic E-state index is 0.526. The van der Waals surface area contributed by atoms with Gasteiger partial charge in [-0.25, -0.2) is 4.98 Å². The zero-order chi connectivity index (χ0) is 19.3. The Labute approximate surface area is 163 Å². The number of anilines is 1. The monoisotopic (exact) mass is 376 g/mol. The largest absolute Gasteiger partial charge is 0.496 e. The molecule has 0 N–H and O–H groups in total. The standard InChI is InChI=1S/C20H20N6O2/c1-27-17-7-3-2-6-16(17)19-23-18(28-24-19)14-25-9-11-26(12-10-25)20-15(13-21)5-4-8-22-20/h2-8H,9-12,14H2,1H3. The second-order valence-electron chi connectivity index (χ2n) is 6.46. The van der Waals surface area contributed by atoms with Crippen molar-refractivity contribution >= 4 is 5.82 Å². The van der Waals surface area contributed by atoms with Crippen molar-refractivity contribution in [2.24, 2.45) is 0 Å². The van der Waals surface area contributed by atoms with Gasteiger partial charge in [-0.05, 0) is 24.3 Å². The maximum atomic E-state index is 9.27. The molecule has 8 heteroatoms. The summed E-state index contributed by atoms with van der Waals surface area (Å²) >= 11 is 0. The fourth-order valence-electron chi connectivity index (χ4n) is 3.30. The Morgan fingerprint density at radius 1 is 1.14 bits per heavy atom. The number of hydrogen-bond donors (Lipinski definition) is 0. The van der Waals surface area contributed by atoms with Crippen LogP contribution in [0.3, 0.4) is 0 Å². The van der Waals surface area contributed by atoms with Gasteiger partial charge in [0.25, 0.3) is 0 Å². The minimum absolute atomic E-state index is 0.526. The van der Waals surface area contributed by atoms with Crippen molar-refractivity contribution in [1.82, 2.24) is 20.0 Å². The molecule has 2 aromatic heterocycles. The molecule has 0 unspecified atom stereocenters. The minimum Gasteiger partial charge on any atom is -0.496 e. The van der Waals surface area contributed by atoms with Crippen LogP contribution in [0.15, 0.2) is 47.1 Å². The van der Waals surface area contributed by atoms with E-state index >= 15 is 0 Å². The Hall–Kier alpha value is -3.44. The number of ether oxygens (including phenoxy) is 1. The number of para-hydroxylation sites is 1. The second-order valence-corrected chi connectivity index (χ2v) is 6.46. The van der Waals surface area contributed by atoms with Crippen molar-refractivity contribution in [3.05, 3.63) is 54.0 Å². The Kier molecular flexibility index (Phi) is 5.17. The van der Waals surface area contributed by atoms with Crippen LogP contribution in [-0.2, 0) is 6.54 Å². The highest BCUT2D eigenvalue weighted by Crippen LogP contribution is 2.27. The van der Waals surface area contributed by atoms with E-state index in [4.69, 9.17) is 9.26 Å². The summed E-state index contributed by atoms with van der Waals surface area (Å²) < 4.78 is 10.8.